The van der Waals surface area contributed by atoms with E-state index in [-0.39, 0.29) is 12.8 Å². The third-order valence-electron chi connectivity index (χ3n) is 2.39. The van der Waals surface area contributed by atoms with Crippen LogP contribution in [0.4, 0.5) is 8.78 Å². The number of nitrogens with zero attached hydrogens (tertiary/aromatic N) is 1. The lowest BCUT2D eigenvalue weighted by atomic mass is 9.72. The maximum atomic E-state index is 12.7. The molecule has 0 spiro atoms. The highest BCUT2D eigenvalue weighted by atomic mass is 35.5. The van der Waals surface area contributed by atoms with Crippen LogP contribution in [0.5, 0.6) is 0 Å². The fraction of sp³-hybridized carbons (Fsp3) is 0.444. The zero-order valence-corrected chi connectivity index (χ0v) is 8.06. The Morgan fingerprint density at radius 2 is 2.00 bits per heavy atom. The third kappa shape index (κ3) is 1.60. The topological polar surface area (TPSA) is 38.9 Å². The number of aromatic nitrogens is 1. The molecule has 0 amide bonds. The van der Waals surface area contributed by atoms with E-state index in [1.54, 1.807) is 12.1 Å². The maximum Gasteiger partial charge on any atom is 0.252 e. The van der Waals surface area contributed by atoms with Gasteiger partial charge in [0.15, 0.2) is 0 Å². The quantitative estimate of drug-likeness (QED) is 0.786. The molecule has 0 aromatic carbocycles. The first kappa shape index (κ1) is 9.80. The molecule has 14 heavy (non-hydrogen) atoms. The van der Waals surface area contributed by atoms with Crippen molar-refractivity contribution in [3.8, 4) is 0 Å². The Morgan fingerprint density at radius 1 is 1.36 bits per heavy atom. The standard InChI is InChI=1S/C9H9ClF2N2/c10-6-1-2-7(14-3-6)8(13)4-9(11,12)5-8/h1-3H,4-5,13H2. The molecule has 1 aliphatic carbocycles. The summed E-state index contributed by atoms with van der Waals surface area (Å²) in [7, 11) is 0. The normalized spacial score (nSPS) is 22.9. The third-order valence-corrected chi connectivity index (χ3v) is 2.61. The zero-order valence-electron chi connectivity index (χ0n) is 7.30. The molecule has 0 radical (unpaired) electrons. The van der Waals surface area contributed by atoms with Crippen molar-refractivity contribution in [2.24, 2.45) is 5.73 Å². The SMILES string of the molecule is NC1(c2ccc(Cl)cn2)CC(F)(F)C1. The van der Waals surface area contributed by atoms with Crippen LogP contribution < -0.4 is 5.73 Å². The summed E-state index contributed by atoms with van der Waals surface area (Å²) in [6.07, 6.45) is 0.741. The minimum Gasteiger partial charge on any atom is -0.320 e. The van der Waals surface area contributed by atoms with Crippen LogP contribution in [0.25, 0.3) is 0 Å². The summed E-state index contributed by atoms with van der Waals surface area (Å²) in [5.74, 6) is -2.64. The van der Waals surface area contributed by atoms with E-state index in [2.05, 4.69) is 4.98 Å². The number of pyridine rings is 1. The van der Waals surface area contributed by atoms with E-state index in [9.17, 15) is 8.78 Å². The number of alkyl halides is 2. The number of halogens is 3. The predicted octanol–water partition coefficient (Wildman–Crippen LogP) is 2.32. The van der Waals surface area contributed by atoms with Gasteiger partial charge in [0.05, 0.1) is 16.3 Å². The van der Waals surface area contributed by atoms with Gasteiger partial charge in [0.1, 0.15) is 0 Å². The Morgan fingerprint density at radius 3 is 2.43 bits per heavy atom. The van der Waals surface area contributed by atoms with Gasteiger partial charge >= 0.3 is 0 Å². The Balaban J connectivity index is 2.21. The Labute approximate surface area is 85.1 Å². The molecule has 1 saturated carbocycles. The molecule has 1 aromatic heterocycles. The van der Waals surface area contributed by atoms with Gasteiger partial charge in [-0.2, -0.15) is 0 Å². The fourth-order valence-electron chi connectivity index (χ4n) is 1.72. The summed E-state index contributed by atoms with van der Waals surface area (Å²) in [6, 6.07) is 3.20. The Kier molecular flexibility index (Phi) is 2.01. The van der Waals surface area contributed by atoms with Gasteiger partial charge in [-0.15, -0.1) is 0 Å². The van der Waals surface area contributed by atoms with Gasteiger partial charge in [-0.1, -0.05) is 11.6 Å². The molecule has 0 unspecified atom stereocenters. The van der Waals surface area contributed by atoms with E-state index >= 15 is 0 Å². The van der Waals surface area contributed by atoms with Crippen LogP contribution in [0.2, 0.25) is 5.02 Å². The van der Waals surface area contributed by atoms with Crippen molar-refractivity contribution in [3.05, 3.63) is 29.0 Å². The molecule has 2 N–H and O–H groups in total. The van der Waals surface area contributed by atoms with Gasteiger partial charge in [-0.05, 0) is 12.1 Å². The fourth-order valence-corrected chi connectivity index (χ4v) is 1.83. The minimum atomic E-state index is -2.64. The summed E-state index contributed by atoms with van der Waals surface area (Å²) < 4.78 is 25.3. The lowest BCUT2D eigenvalue weighted by Crippen LogP contribution is -2.55. The van der Waals surface area contributed by atoms with E-state index in [1.165, 1.54) is 6.20 Å². The van der Waals surface area contributed by atoms with Gasteiger partial charge < -0.3 is 5.73 Å². The van der Waals surface area contributed by atoms with Crippen LogP contribution in [-0.4, -0.2) is 10.9 Å². The molecular formula is C9H9ClF2N2. The monoisotopic (exact) mass is 218 g/mol. The van der Waals surface area contributed by atoms with Gasteiger partial charge in [0.25, 0.3) is 5.92 Å². The molecule has 76 valence electrons. The molecule has 5 heteroatoms. The zero-order chi connectivity index (χ0) is 10.4. The molecular weight excluding hydrogens is 210 g/mol. The molecule has 0 aliphatic heterocycles. The lowest BCUT2D eigenvalue weighted by molar-refractivity contribution is -0.126. The van der Waals surface area contributed by atoms with Gasteiger partial charge in [-0.25, -0.2) is 8.78 Å². The summed E-state index contributed by atoms with van der Waals surface area (Å²) in [5.41, 5.74) is 5.27. The highest BCUT2D eigenvalue weighted by molar-refractivity contribution is 6.30. The number of rotatable bonds is 1. The van der Waals surface area contributed by atoms with E-state index in [4.69, 9.17) is 17.3 Å². The highest BCUT2D eigenvalue weighted by Crippen LogP contribution is 2.49. The number of hydrogen-bond acceptors (Lipinski definition) is 2. The van der Waals surface area contributed by atoms with Crippen molar-refractivity contribution < 1.29 is 8.78 Å². The van der Waals surface area contributed by atoms with Gasteiger partial charge in [0.2, 0.25) is 0 Å². The number of nitrogens with two attached hydrogens (primary N) is 1. The molecule has 1 fully saturated rings. The van der Waals surface area contributed by atoms with Crippen LogP contribution in [0, 0.1) is 0 Å². The maximum absolute atomic E-state index is 12.7. The number of hydrogen-bond donors (Lipinski definition) is 1. The molecule has 2 rings (SSSR count). The molecule has 0 bridgehead atoms. The van der Waals surface area contributed by atoms with Gasteiger partial charge in [-0.3, -0.25) is 4.98 Å². The van der Waals surface area contributed by atoms with E-state index in [1.807, 2.05) is 0 Å². The van der Waals surface area contributed by atoms with Crippen LogP contribution in [-0.2, 0) is 5.54 Å². The smallest absolute Gasteiger partial charge is 0.252 e. The molecule has 1 aliphatic rings. The molecule has 2 nitrogen and oxygen atoms in total. The van der Waals surface area contributed by atoms with Crippen molar-refractivity contribution >= 4 is 11.6 Å². The highest BCUT2D eigenvalue weighted by Gasteiger charge is 2.55. The van der Waals surface area contributed by atoms with E-state index in [0.717, 1.165) is 0 Å². The second-order valence-corrected chi connectivity index (χ2v) is 4.16. The van der Waals surface area contributed by atoms with Crippen molar-refractivity contribution in [1.82, 2.24) is 4.98 Å². The summed E-state index contributed by atoms with van der Waals surface area (Å²) in [5, 5.41) is 0.475. The van der Waals surface area contributed by atoms with Crippen LogP contribution in [0.15, 0.2) is 18.3 Å². The van der Waals surface area contributed by atoms with Crippen molar-refractivity contribution in [2.45, 2.75) is 24.3 Å². The van der Waals surface area contributed by atoms with Crippen molar-refractivity contribution in [3.63, 3.8) is 0 Å². The molecule has 1 aromatic rings. The van der Waals surface area contributed by atoms with Crippen molar-refractivity contribution in [2.75, 3.05) is 0 Å². The lowest BCUT2D eigenvalue weighted by Gasteiger charge is -2.43. The molecule has 1 heterocycles. The Hall–Kier alpha value is -0.740. The van der Waals surface area contributed by atoms with Crippen LogP contribution >= 0.6 is 11.6 Å². The minimum absolute atomic E-state index is 0.339. The van der Waals surface area contributed by atoms with Crippen LogP contribution in [0.1, 0.15) is 18.5 Å². The molecule has 0 saturated heterocycles. The average Bonchev–Trinajstić information content (AvgIpc) is 2.01. The van der Waals surface area contributed by atoms with Crippen molar-refractivity contribution in [1.29, 1.82) is 0 Å². The van der Waals surface area contributed by atoms with E-state index in [0.29, 0.717) is 10.7 Å². The first-order valence-corrected chi connectivity index (χ1v) is 4.58. The Bertz CT molecular complexity index is 342. The first-order valence-electron chi connectivity index (χ1n) is 4.20. The molecule has 0 atom stereocenters. The second-order valence-electron chi connectivity index (χ2n) is 3.73. The van der Waals surface area contributed by atoms with Crippen LogP contribution in [0.3, 0.4) is 0 Å². The largest absolute Gasteiger partial charge is 0.320 e. The summed E-state index contributed by atoms with van der Waals surface area (Å²) >= 11 is 5.63. The van der Waals surface area contributed by atoms with E-state index < -0.39 is 11.5 Å². The van der Waals surface area contributed by atoms with Gasteiger partial charge in [0, 0.05) is 19.0 Å². The first-order chi connectivity index (χ1) is 6.41. The average molecular weight is 219 g/mol. The summed E-state index contributed by atoms with van der Waals surface area (Å²) in [4.78, 5) is 3.95. The predicted molar refractivity (Wildman–Crippen MR) is 49.3 cm³/mol. The summed E-state index contributed by atoms with van der Waals surface area (Å²) in [6.45, 7) is 0. The second kappa shape index (κ2) is 2.87.